The first-order valence-electron chi connectivity index (χ1n) is 6.57. The van der Waals surface area contributed by atoms with E-state index in [1.807, 2.05) is 0 Å². The van der Waals surface area contributed by atoms with E-state index >= 15 is 0 Å². The lowest BCUT2D eigenvalue weighted by atomic mass is 9.75. The Bertz CT molecular complexity index is 479. The number of carbonyl (C=O) groups excluding carboxylic acids is 1. The molecule has 2 unspecified atom stereocenters. The van der Waals surface area contributed by atoms with Crippen molar-refractivity contribution in [2.75, 3.05) is 0 Å². The molecule has 1 nitrogen and oxygen atoms in total. The molecule has 0 heterocycles. The Hall–Kier alpha value is -1.63. The highest BCUT2D eigenvalue weighted by molar-refractivity contribution is 5.74. The van der Waals surface area contributed by atoms with E-state index < -0.39 is 0 Å². The molecule has 0 fully saturated rings. The fourth-order valence-corrected chi connectivity index (χ4v) is 2.74. The van der Waals surface area contributed by atoms with Crippen LogP contribution >= 0.6 is 0 Å². The van der Waals surface area contributed by atoms with Crippen LogP contribution in [0.25, 0.3) is 5.57 Å². The van der Waals surface area contributed by atoms with Crippen molar-refractivity contribution in [2.24, 2.45) is 11.8 Å². The number of rotatable bonds is 3. The molecule has 18 heavy (non-hydrogen) atoms. The molecule has 1 aromatic carbocycles. The van der Waals surface area contributed by atoms with Crippen molar-refractivity contribution in [1.82, 2.24) is 0 Å². The summed E-state index contributed by atoms with van der Waals surface area (Å²) in [6.07, 6.45) is 5.09. The van der Waals surface area contributed by atoms with Gasteiger partial charge in [0.25, 0.3) is 0 Å². The Kier molecular flexibility index (Phi) is 3.81. The van der Waals surface area contributed by atoms with Gasteiger partial charge in [-0.25, -0.2) is 0 Å². The van der Waals surface area contributed by atoms with Crippen molar-refractivity contribution < 1.29 is 4.79 Å². The third-order valence-electron chi connectivity index (χ3n) is 3.85. The summed E-state index contributed by atoms with van der Waals surface area (Å²) in [5.41, 5.74) is 4.80. The highest BCUT2D eigenvalue weighted by Crippen LogP contribution is 2.37. The number of hydrogen-bond acceptors (Lipinski definition) is 1. The molecule has 2 rings (SSSR count). The first-order chi connectivity index (χ1) is 8.65. The van der Waals surface area contributed by atoms with Gasteiger partial charge in [0.05, 0.1) is 0 Å². The summed E-state index contributed by atoms with van der Waals surface area (Å²) in [7, 11) is 0. The second-order valence-electron chi connectivity index (χ2n) is 5.13. The highest BCUT2D eigenvalue weighted by atomic mass is 16.1. The molecule has 0 bridgehead atoms. The van der Waals surface area contributed by atoms with Crippen LogP contribution in [0.3, 0.4) is 0 Å². The maximum atomic E-state index is 11.2. The largest absolute Gasteiger partial charge is 0.303 e. The summed E-state index contributed by atoms with van der Waals surface area (Å²) >= 11 is 0. The molecule has 1 aliphatic rings. The number of benzene rings is 1. The van der Waals surface area contributed by atoms with Gasteiger partial charge >= 0.3 is 0 Å². The summed E-state index contributed by atoms with van der Waals surface area (Å²) in [6.45, 7) is 8.33. The predicted molar refractivity (Wildman–Crippen MR) is 76.2 cm³/mol. The normalized spacial score (nSPS) is 23.7. The molecular formula is C17H20O. The van der Waals surface area contributed by atoms with E-state index in [0.717, 1.165) is 24.7 Å². The molecule has 0 saturated heterocycles. The van der Waals surface area contributed by atoms with Crippen LogP contribution in [0.2, 0.25) is 0 Å². The van der Waals surface area contributed by atoms with Gasteiger partial charge in [-0.05, 0) is 36.8 Å². The van der Waals surface area contributed by atoms with E-state index in [0.29, 0.717) is 5.92 Å². The second-order valence-corrected chi connectivity index (χ2v) is 5.13. The highest BCUT2D eigenvalue weighted by Gasteiger charge is 2.27. The van der Waals surface area contributed by atoms with Crippen molar-refractivity contribution in [1.29, 1.82) is 0 Å². The first-order valence-corrected chi connectivity index (χ1v) is 6.57. The minimum absolute atomic E-state index is 0.0869. The first kappa shape index (κ1) is 12.8. The third-order valence-corrected chi connectivity index (χ3v) is 3.85. The minimum Gasteiger partial charge on any atom is -0.303 e. The molecule has 1 aliphatic carbocycles. The Labute approximate surface area is 109 Å². The van der Waals surface area contributed by atoms with E-state index in [9.17, 15) is 4.79 Å². The second kappa shape index (κ2) is 5.34. The van der Waals surface area contributed by atoms with Crippen molar-refractivity contribution in [3.63, 3.8) is 0 Å². The molecule has 0 aromatic heterocycles. The molecule has 0 spiro atoms. The smallest absolute Gasteiger partial charge is 0.124 e. The van der Waals surface area contributed by atoms with Crippen molar-refractivity contribution in [2.45, 2.75) is 26.7 Å². The summed E-state index contributed by atoms with van der Waals surface area (Å²) in [5.74, 6) is 0.403. The Morgan fingerprint density at radius 3 is 2.56 bits per heavy atom. The number of hydrogen-bond donors (Lipinski definition) is 0. The average molecular weight is 240 g/mol. The van der Waals surface area contributed by atoms with Crippen molar-refractivity contribution in [3.05, 3.63) is 53.6 Å². The van der Waals surface area contributed by atoms with Gasteiger partial charge in [0.15, 0.2) is 0 Å². The van der Waals surface area contributed by atoms with E-state index in [4.69, 9.17) is 0 Å². The lowest BCUT2D eigenvalue weighted by molar-refractivity contribution is -0.112. The lowest BCUT2D eigenvalue weighted by Crippen LogP contribution is -2.21. The van der Waals surface area contributed by atoms with Gasteiger partial charge in [-0.15, -0.1) is 0 Å². The van der Waals surface area contributed by atoms with Gasteiger partial charge in [0, 0.05) is 5.92 Å². The van der Waals surface area contributed by atoms with Crippen LogP contribution < -0.4 is 0 Å². The van der Waals surface area contributed by atoms with E-state index in [-0.39, 0.29) is 5.92 Å². The molecule has 94 valence electrons. The zero-order chi connectivity index (χ0) is 13.1. The quantitative estimate of drug-likeness (QED) is 0.724. The molecule has 2 atom stereocenters. The molecule has 0 N–H and O–H groups in total. The Balaban J connectivity index is 2.32. The van der Waals surface area contributed by atoms with Crippen LogP contribution in [-0.2, 0) is 4.79 Å². The SMILES string of the molecule is C=C1C=C(c2ccc(C)cc2)CC(C=O)C1CC. The lowest BCUT2D eigenvalue weighted by Gasteiger charge is -2.29. The number of carbonyl (C=O) groups is 1. The zero-order valence-corrected chi connectivity index (χ0v) is 11.1. The molecule has 1 aromatic rings. The Morgan fingerprint density at radius 2 is 2.00 bits per heavy atom. The molecule has 0 aliphatic heterocycles. The maximum Gasteiger partial charge on any atom is 0.124 e. The van der Waals surface area contributed by atoms with Crippen LogP contribution in [-0.4, -0.2) is 6.29 Å². The fourth-order valence-electron chi connectivity index (χ4n) is 2.74. The average Bonchev–Trinajstić information content (AvgIpc) is 2.38. The third kappa shape index (κ3) is 2.45. The number of aryl methyl sites for hydroxylation is 1. The topological polar surface area (TPSA) is 17.1 Å². The predicted octanol–water partition coefficient (Wildman–Crippen LogP) is 4.18. The van der Waals surface area contributed by atoms with Crippen LogP contribution in [0.1, 0.15) is 30.9 Å². The maximum absolute atomic E-state index is 11.2. The van der Waals surface area contributed by atoms with Gasteiger partial charge in [-0.3, -0.25) is 0 Å². The minimum atomic E-state index is 0.0869. The summed E-state index contributed by atoms with van der Waals surface area (Å²) in [5, 5.41) is 0. The van der Waals surface area contributed by atoms with Gasteiger partial charge in [0.2, 0.25) is 0 Å². The van der Waals surface area contributed by atoms with Crippen molar-refractivity contribution >= 4 is 11.9 Å². The molecular weight excluding hydrogens is 220 g/mol. The fraction of sp³-hybridized carbons (Fsp3) is 0.353. The summed E-state index contributed by atoms with van der Waals surface area (Å²) < 4.78 is 0. The van der Waals surface area contributed by atoms with Crippen LogP contribution in [0, 0.1) is 18.8 Å². The summed E-state index contributed by atoms with van der Waals surface area (Å²) in [6, 6.07) is 8.48. The van der Waals surface area contributed by atoms with Crippen LogP contribution in [0.4, 0.5) is 0 Å². The standard InChI is InChI=1S/C17H20O/c1-4-17-13(3)9-15(10-16(17)11-18)14-7-5-12(2)6-8-14/h5-9,11,16-17H,3-4,10H2,1-2H3. The molecule has 1 heteroatoms. The van der Waals surface area contributed by atoms with Gasteiger partial charge < -0.3 is 4.79 Å². The van der Waals surface area contributed by atoms with Gasteiger partial charge in [0.1, 0.15) is 6.29 Å². The van der Waals surface area contributed by atoms with Crippen LogP contribution in [0.15, 0.2) is 42.5 Å². The van der Waals surface area contributed by atoms with Gasteiger partial charge in [-0.2, -0.15) is 0 Å². The molecule has 0 amide bonds. The summed E-state index contributed by atoms with van der Waals surface area (Å²) in [4.78, 5) is 11.2. The number of aldehydes is 1. The van der Waals surface area contributed by atoms with E-state index in [2.05, 4.69) is 50.8 Å². The number of allylic oxidation sites excluding steroid dienone is 3. The van der Waals surface area contributed by atoms with Crippen molar-refractivity contribution in [3.8, 4) is 0 Å². The van der Waals surface area contributed by atoms with E-state index in [1.54, 1.807) is 0 Å². The van der Waals surface area contributed by atoms with Gasteiger partial charge in [-0.1, -0.05) is 55.0 Å². The molecule has 0 radical (unpaired) electrons. The van der Waals surface area contributed by atoms with Crippen LogP contribution in [0.5, 0.6) is 0 Å². The molecule has 0 saturated carbocycles. The monoisotopic (exact) mass is 240 g/mol. The zero-order valence-electron chi connectivity index (χ0n) is 11.1. The Morgan fingerprint density at radius 1 is 1.33 bits per heavy atom. The van der Waals surface area contributed by atoms with E-state index in [1.165, 1.54) is 16.7 Å².